The number of pyridine rings is 1. The molecular weight excluding hydrogens is 312 g/mol. The van der Waals surface area contributed by atoms with Gasteiger partial charge in [0, 0.05) is 31.2 Å². The lowest BCUT2D eigenvalue weighted by molar-refractivity contribution is 0.411. The molecule has 0 amide bonds. The molecule has 0 radical (unpaired) electrons. The molecule has 0 saturated heterocycles. The summed E-state index contributed by atoms with van der Waals surface area (Å²) in [7, 11) is 1.72. The predicted octanol–water partition coefficient (Wildman–Crippen LogP) is 2.92. The van der Waals surface area contributed by atoms with E-state index in [2.05, 4.69) is 39.6 Å². The zero-order chi connectivity index (χ0) is 17.1. The quantitative estimate of drug-likeness (QED) is 0.779. The van der Waals surface area contributed by atoms with E-state index in [0.717, 1.165) is 31.0 Å². The van der Waals surface area contributed by atoms with Crippen molar-refractivity contribution in [3.05, 3.63) is 71.9 Å². The highest BCUT2D eigenvalue weighted by Gasteiger charge is 2.18. The summed E-state index contributed by atoms with van der Waals surface area (Å²) in [4.78, 5) is 8.56. The van der Waals surface area contributed by atoms with Gasteiger partial charge in [-0.15, -0.1) is 0 Å². The number of aromatic nitrogens is 3. The number of ether oxygens (including phenoxy) is 1. The second-order valence-electron chi connectivity index (χ2n) is 6.45. The Hall–Kier alpha value is -2.66. The summed E-state index contributed by atoms with van der Waals surface area (Å²) < 4.78 is 7.26. The van der Waals surface area contributed by atoms with Crippen molar-refractivity contribution in [1.29, 1.82) is 0 Å². The molecule has 2 aromatic heterocycles. The number of aryl methyl sites for hydroxylation is 1. The Morgan fingerprint density at radius 1 is 1.24 bits per heavy atom. The Labute approximate surface area is 147 Å². The number of nitrogens with one attached hydrogen (secondary N) is 1. The second-order valence-corrected chi connectivity index (χ2v) is 6.45. The Morgan fingerprint density at radius 3 is 2.96 bits per heavy atom. The lowest BCUT2D eigenvalue weighted by Gasteiger charge is -2.26. The van der Waals surface area contributed by atoms with Crippen molar-refractivity contribution >= 4 is 0 Å². The molecule has 1 atom stereocenters. The molecule has 5 heteroatoms. The van der Waals surface area contributed by atoms with Crippen molar-refractivity contribution in [3.8, 4) is 11.6 Å². The Balaban J connectivity index is 1.37. The van der Waals surface area contributed by atoms with Crippen LogP contribution in [0.1, 0.15) is 23.1 Å². The number of hydrogen-bond donors (Lipinski definition) is 1. The minimum absolute atomic E-state index is 0.493. The highest BCUT2D eigenvalue weighted by molar-refractivity contribution is 5.38. The molecule has 0 saturated carbocycles. The van der Waals surface area contributed by atoms with Crippen molar-refractivity contribution in [2.45, 2.75) is 31.8 Å². The van der Waals surface area contributed by atoms with Gasteiger partial charge in [-0.05, 0) is 54.2 Å². The molecule has 0 spiro atoms. The van der Waals surface area contributed by atoms with E-state index in [1.54, 1.807) is 19.6 Å². The summed E-state index contributed by atoms with van der Waals surface area (Å²) in [5, 5.41) is 3.67. The number of nitrogens with zero attached hydrogens (tertiary/aromatic N) is 3. The van der Waals surface area contributed by atoms with Crippen molar-refractivity contribution in [2.24, 2.45) is 0 Å². The maximum Gasteiger partial charge on any atom is 0.137 e. The van der Waals surface area contributed by atoms with E-state index in [-0.39, 0.29) is 0 Å². The van der Waals surface area contributed by atoms with Crippen molar-refractivity contribution in [2.75, 3.05) is 7.11 Å². The third kappa shape index (κ3) is 3.56. The zero-order valence-corrected chi connectivity index (χ0v) is 14.4. The Bertz CT molecular complexity index is 827. The Kier molecular flexibility index (Phi) is 4.48. The largest absolute Gasteiger partial charge is 0.497 e. The molecule has 4 rings (SSSR count). The van der Waals surface area contributed by atoms with Crippen LogP contribution in [0.3, 0.4) is 0 Å². The van der Waals surface area contributed by atoms with Gasteiger partial charge in [-0.1, -0.05) is 12.1 Å². The molecular formula is C20H22N4O. The van der Waals surface area contributed by atoms with Gasteiger partial charge in [0.2, 0.25) is 0 Å². The van der Waals surface area contributed by atoms with Gasteiger partial charge in [-0.25, -0.2) is 9.97 Å². The van der Waals surface area contributed by atoms with Crippen LogP contribution in [-0.2, 0) is 19.4 Å². The van der Waals surface area contributed by atoms with E-state index in [9.17, 15) is 0 Å². The molecule has 25 heavy (non-hydrogen) atoms. The lowest BCUT2D eigenvalue weighted by atomic mass is 9.88. The molecule has 1 aliphatic carbocycles. The SMILES string of the molecule is COc1ccc2c(c1)CC(NCc1ccc(-n3ccnc3)nc1)CC2. The van der Waals surface area contributed by atoms with Crippen molar-refractivity contribution < 1.29 is 4.74 Å². The van der Waals surface area contributed by atoms with Crippen LogP contribution in [0.2, 0.25) is 0 Å². The molecule has 1 N–H and O–H groups in total. The van der Waals surface area contributed by atoms with E-state index in [4.69, 9.17) is 4.74 Å². The smallest absolute Gasteiger partial charge is 0.137 e. The minimum Gasteiger partial charge on any atom is -0.497 e. The number of fused-ring (bicyclic) bond motifs is 1. The molecule has 5 nitrogen and oxygen atoms in total. The van der Waals surface area contributed by atoms with Crippen LogP contribution in [0.4, 0.5) is 0 Å². The maximum absolute atomic E-state index is 5.35. The summed E-state index contributed by atoms with van der Waals surface area (Å²) in [5.74, 6) is 1.83. The van der Waals surface area contributed by atoms with Gasteiger partial charge in [-0.2, -0.15) is 0 Å². The van der Waals surface area contributed by atoms with Crippen LogP contribution < -0.4 is 10.1 Å². The van der Waals surface area contributed by atoms with E-state index >= 15 is 0 Å². The minimum atomic E-state index is 0.493. The fourth-order valence-corrected chi connectivity index (χ4v) is 3.37. The molecule has 2 heterocycles. The topological polar surface area (TPSA) is 52.0 Å². The molecule has 128 valence electrons. The normalized spacial score (nSPS) is 16.4. The van der Waals surface area contributed by atoms with Gasteiger partial charge >= 0.3 is 0 Å². The van der Waals surface area contributed by atoms with Crippen molar-refractivity contribution in [3.63, 3.8) is 0 Å². The van der Waals surface area contributed by atoms with E-state index < -0.39 is 0 Å². The van der Waals surface area contributed by atoms with Gasteiger partial charge in [0.05, 0.1) is 7.11 Å². The third-order valence-electron chi connectivity index (χ3n) is 4.81. The molecule has 3 aromatic rings. The van der Waals surface area contributed by atoms with Crippen LogP contribution in [0.5, 0.6) is 5.75 Å². The van der Waals surface area contributed by atoms with Crippen LogP contribution in [0, 0.1) is 0 Å². The van der Waals surface area contributed by atoms with E-state index in [1.807, 2.05) is 23.0 Å². The van der Waals surface area contributed by atoms with Gasteiger partial charge in [-0.3, -0.25) is 4.57 Å². The summed E-state index contributed by atoms with van der Waals surface area (Å²) in [5.41, 5.74) is 4.04. The second kappa shape index (κ2) is 7.07. The molecule has 1 aliphatic rings. The monoisotopic (exact) mass is 334 g/mol. The number of hydrogen-bond acceptors (Lipinski definition) is 4. The van der Waals surface area contributed by atoms with Gasteiger partial charge < -0.3 is 10.1 Å². The van der Waals surface area contributed by atoms with Gasteiger partial charge in [0.1, 0.15) is 17.9 Å². The average molecular weight is 334 g/mol. The lowest BCUT2D eigenvalue weighted by Crippen LogP contribution is -2.34. The first kappa shape index (κ1) is 15.8. The molecule has 0 fully saturated rings. The highest BCUT2D eigenvalue weighted by atomic mass is 16.5. The fourth-order valence-electron chi connectivity index (χ4n) is 3.37. The first-order valence-electron chi connectivity index (χ1n) is 8.64. The summed E-state index contributed by atoms with van der Waals surface area (Å²) in [6.07, 6.45) is 10.7. The summed E-state index contributed by atoms with van der Waals surface area (Å²) in [6, 6.07) is 11.1. The standard InChI is InChI=1S/C20H22N4O/c1-25-19-6-4-16-3-5-18(10-17(16)11-19)22-12-15-2-7-20(23-13-15)24-9-8-21-14-24/h2,4,6-9,11,13-14,18,22H,3,5,10,12H2,1H3. The Morgan fingerprint density at radius 2 is 2.20 bits per heavy atom. The van der Waals surface area contributed by atoms with Gasteiger partial charge in [0.25, 0.3) is 0 Å². The van der Waals surface area contributed by atoms with Crippen molar-refractivity contribution in [1.82, 2.24) is 19.9 Å². The molecule has 0 bridgehead atoms. The number of imidazole rings is 1. The number of rotatable bonds is 5. The molecule has 0 aliphatic heterocycles. The van der Waals surface area contributed by atoms with Crippen LogP contribution in [-0.4, -0.2) is 27.7 Å². The summed E-state index contributed by atoms with van der Waals surface area (Å²) in [6.45, 7) is 0.835. The maximum atomic E-state index is 5.35. The van der Waals surface area contributed by atoms with Crippen LogP contribution in [0.25, 0.3) is 5.82 Å². The van der Waals surface area contributed by atoms with Gasteiger partial charge in [0.15, 0.2) is 0 Å². The first-order chi connectivity index (χ1) is 12.3. The van der Waals surface area contributed by atoms with E-state index in [1.165, 1.54) is 23.1 Å². The predicted molar refractivity (Wildman–Crippen MR) is 97.0 cm³/mol. The fraction of sp³-hybridized carbons (Fsp3) is 0.300. The summed E-state index contributed by atoms with van der Waals surface area (Å²) >= 11 is 0. The highest BCUT2D eigenvalue weighted by Crippen LogP contribution is 2.25. The first-order valence-corrected chi connectivity index (χ1v) is 8.64. The van der Waals surface area contributed by atoms with Crippen LogP contribution in [0.15, 0.2) is 55.2 Å². The third-order valence-corrected chi connectivity index (χ3v) is 4.81. The van der Waals surface area contributed by atoms with Crippen LogP contribution >= 0.6 is 0 Å². The van der Waals surface area contributed by atoms with E-state index in [0.29, 0.717) is 6.04 Å². The molecule has 1 unspecified atom stereocenters. The zero-order valence-electron chi connectivity index (χ0n) is 14.4. The molecule has 1 aromatic carbocycles. The number of methoxy groups -OCH3 is 1. The number of benzene rings is 1. The average Bonchev–Trinajstić information content (AvgIpc) is 3.21.